The van der Waals surface area contributed by atoms with E-state index in [1.807, 2.05) is 0 Å². The van der Waals surface area contributed by atoms with E-state index in [4.69, 9.17) is 10.5 Å². The van der Waals surface area contributed by atoms with Crippen molar-refractivity contribution in [2.45, 2.75) is 4.90 Å². The second-order valence-electron chi connectivity index (χ2n) is 3.20. The van der Waals surface area contributed by atoms with Gasteiger partial charge in [0.05, 0.1) is 7.11 Å². The van der Waals surface area contributed by atoms with Crippen LogP contribution in [-0.2, 0) is 10.0 Å². The van der Waals surface area contributed by atoms with E-state index < -0.39 is 10.0 Å². The summed E-state index contributed by atoms with van der Waals surface area (Å²) in [6.07, 6.45) is 0. The van der Waals surface area contributed by atoms with Crippen molar-refractivity contribution in [3.63, 3.8) is 0 Å². The Morgan fingerprint density at radius 1 is 1.33 bits per heavy atom. The van der Waals surface area contributed by atoms with Gasteiger partial charge in [-0.3, -0.25) is 0 Å². The van der Waals surface area contributed by atoms with Crippen molar-refractivity contribution in [2.24, 2.45) is 0 Å². The average Bonchev–Trinajstić information content (AvgIpc) is 2.17. The topological polar surface area (TPSA) is 72.6 Å². The predicted molar refractivity (Wildman–Crippen MR) is 58.3 cm³/mol. The molecule has 0 aliphatic heterocycles. The molecule has 0 spiro atoms. The number of hydrogen-bond donors (Lipinski definition) is 1. The summed E-state index contributed by atoms with van der Waals surface area (Å²) in [4.78, 5) is 0.0787. The molecule has 1 rings (SSSR count). The smallest absolute Gasteiger partial charge is 0.246 e. The van der Waals surface area contributed by atoms with E-state index in [1.54, 1.807) is 6.07 Å². The van der Waals surface area contributed by atoms with Crippen molar-refractivity contribution < 1.29 is 13.2 Å². The molecule has 0 unspecified atom stereocenters. The number of hydrogen-bond acceptors (Lipinski definition) is 4. The van der Waals surface area contributed by atoms with Gasteiger partial charge in [0.25, 0.3) is 0 Å². The first-order chi connectivity index (χ1) is 6.89. The van der Waals surface area contributed by atoms with Gasteiger partial charge in [-0.25, -0.2) is 12.7 Å². The third kappa shape index (κ3) is 2.21. The maximum atomic E-state index is 11.9. The van der Waals surface area contributed by atoms with E-state index >= 15 is 0 Å². The van der Waals surface area contributed by atoms with Gasteiger partial charge in [-0.1, -0.05) is 0 Å². The van der Waals surface area contributed by atoms with Gasteiger partial charge in [0.1, 0.15) is 10.6 Å². The van der Waals surface area contributed by atoms with E-state index in [-0.39, 0.29) is 10.6 Å². The molecule has 0 aromatic heterocycles. The molecule has 15 heavy (non-hydrogen) atoms. The Hall–Kier alpha value is -1.27. The summed E-state index contributed by atoms with van der Waals surface area (Å²) in [7, 11) is 0.816. The quantitative estimate of drug-likeness (QED) is 0.769. The fourth-order valence-corrected chi connectivity index (χ4v) is 2.18. The fourth-order valence-electron chi connectivity index (χ4n) is 1.09. The van der Waals surface area contributed by atoms with Crippen molar-refractivity contribution in [1.29, 1.82) is 0 Å². The number of anilines is 1. The molecule has 5 nitrogen and oxygen atoms in total. The third-order valence-electron chi connectivity index (χ3n) is 1.95. The Bertz CT molecular complexity index is 454. The first kappa shape index (κ1) is 11.8. The van der Waals surface area contributed by atoms with Crippen LogP contribution in [-0.4, -0.2) is 33.9 Å². The summed E-state index contributed by atoms with van der Waals surface area (Å²) in [5.74, 6) is 0.290. The Kier molecular flexibility index (Phi) is 3.21. The second kappa shape index (κ2) is 4.08. The van der Waals surface area contributed by atoms with Crippen LogP contribution in [0.2, 0.25) is 0 Å². The molecule has 0 aliphatic rings. The summed E-state index contributed by atoms with van der Waals surface area (Å²) < 4.78 is 29.8. The van der Waals surface area contributed by atoms with E-state index in [0.29, 0.717) is 5.69 Å². The van der Waals surface area contributed by atoms with Gasteiger partial charge in [0.15, 0.2) is 0 Å². The number of nitrogen functional groups attached to an aromatic ring is 1. The number of ether oxygens (including phenoxy) is 1. The zero-order chi connectivity index (χ0) is 11.6. The molecule has 84 valence electrons. The largest absolute Gasteiger partial charge is 0.495 e. The van der Waals surface area contributed by atoms with E-state index in [0.717, 1.165) is 4.31 Å². The first-order valence-corrected chi connectivity index (χ1v) is 5.69. The Morgan fingerprint density at radius 2 is 1.93 bits per heavy atom. The van der Waals surface area contributed by atoms with Crippen LogP contribution in [0, 0.1) is 0 Å². The van der Waals surface area contributed by atoms with Crippen LogP contribution in [0.15, 0.2) is 23.1 Å². The van der Waals surface area contributed by atoms with Gasteiger partial charge < -0.3 is 10.5 Å². The standard InChI is InChI=1S/C9H14N2O3S/c1-11(2)15(12,13)9-6-7(10)4-5-8(9)14-3/h4-6H,10H2,1-3H3. The van der Waals surface area contributed by atoms with Gasteiger partial charge in [0.2, 0.25) is 10.0 Å². The van der Waals surface area contributed by atoms with Gasteiger partial charge >= 0.3 is 0 Å². The molecule has 0 aliphatic carbocycles. The summed E-state index contributed by atoms with van der Waals surface area (Å²) in [6.45, 7) is 0. The lowest BCUT2D eigenvalue weighted by Crippen LogP contribution is -2.22. The van der Waals surface area contributed by atoms with Gasteiger partial charge in [-0.2, -0.15) is 0 Å². The van der Waals surface area contributed by atoms with Crippen LogP contribution < -0.4 is 10.5 Å². The molecule has 0 fully saturated rings. The average molecular weight is 230 g/mol. The number of rotatable bonds is 3. The minimum Gasteiger partial charge on any atom is -0.495 e. The monoisotopic (exact) mass is 230 g/mol. The summed E-state index contributed by atoms with van der Waals surface area (Å²) in [6, 6.07) is 4.51. The zero-order valence-electron chi connectivity index (χ0n) is 8.89. The van der Waals surface area contributed by atoms with Crippen molar-refractivity contribution in [3.05, 3.63) is 18.2 Å². The van der Waals surface area contributed by atoms with Crippen LogP contribution >= 0.6 is 0 Å². The van der Waals surface area contributed by atoms with Crippen LogP contribution in [0.25, 0.3) is 0 Å². The molecule has 0 saturated heterocycles. The number of benzene rings is 1. The molecule has 0 amide bonds. The van der Waals surface area contributed by atoms with E-state index in [9.17, 15) is 8.42 Å². The SMILES string of the molecule is COc1ccc(N)cc1S(=O)(=O)N(C)C. The lowest BCUT2D eigenvalue weighted by Gasteiger charge is -2.14. The highest BCUT2D eigenvalue weighted by atomic mass is 32.2. The van der Waals surface area contributed by atoms with Gasteiger partial charge in [-0.05, 0) is 18.2 Å². The minimum atomic E-state index is -3.51. The number of sulfonamides is 1. The van der Waals surface area contributed by atoms with Crippen LogP contribution in [0.4, 0.5) is 5.69 Å². The Labute approximate surface area is 89.5 Å². The molecule has 1 aromatic rings. The molecule has 0 atom stereocenters. The fraction of sp³-hybridized carbons (Fsp3) is 0.333. The van der Waals surface area contributed by atoms with E-state index in [1.165, 1.54) is 33.3 Å². The van der Waals surface area contributed by atoms with Crippen LogP contribution in [0.1, 0.15) is 0 Å². The molecule has 0 radical (unpaired) electrons. The molecular formula is C9H14N2O3S. The van der Waals surface area contributed by atoms with Crippen molar-refractivity contribution >= 4 is 15.7 Å². The lowest BCUT2D eigenvalue weighted by atomic mass is 10.3. The van der Waals surface area contributed by atoms with Gasteiger partial charge in [0, 0.05) is 19.8 Å². The summed E-state index contributed by atoms with van der Waals surface area (Å²) >= 11 is 0. The Balaban J connectivity index is 3.42. The van der Waals surface area contributed by atoms with E-state index in [2.05, 4.69) is 0 Å². The summed E-state index contributed by atoms with van der Waals surface area (Å²) in [5, 5.41) is 0. The molecule has 0 bridgehead atoms. The predicted octanol–water partition coefficient (Wildman–Crippen LogP) is 0.528. The zero-order valence-corrected chi connectivity index (χ0v) is 9.71. The maximum Gasteiger partial charge on any atom is 0.246 e. The Morgan fingerprint density at radius 3 is 2.40 bits per heavy atom. The molecule has 2 N–H and O–H groups in total. The molecule has 6 heteroatoms. The van der Waals surface area contributed by atoms with Crippen molar-refractivity contribution in [3.8, 4) is 5.75 Å². The van der Waals surface area contributed by atoms with Crippen molar-refractivity contribution in [2.75, 3.05) is 26.9 Å². The third-order valence-corrected chi connectivity index (χ3v) is 3.78. The number of nitrogens with two attached hydrogens (primary N) is 1. The molecule has 1 aromatic carbocycles. The van der Waals surface area contributed by atoms with Gasteiger partial charge in [-0.15, -0.1) is 0 Å². The normalized spacial score (nSPS) is 11.7. The highest BCUT2D eigenvalue weighted by Gasteiger charge is 2.22. The summed E-state index contributed by atoms with van der Waals surface area (Å²) in [5.41, 5.74) is 5.93. The maximum absolute atomic E-state index is 11.9. The highest BCUT2D eigenvalue weighted by Crippen LogP contribution is 2.27. The molecule has 0 heterocycles. The lowest BCUT2D eigenvalue weighted by molar-refractivity contribution is 0.400. The van der Waals surface area contributed by atoms with Crippen LogP contribution in [0.5, 0.6) is 5.75 Å². The molecular weight excluding hydrogens is 216 g/mol. The highest BCUT2D eigenvalue weighted by molar-refractivity contribution is 7.89. The van der Waals surface area contributed by atoms with Crippen LogP contribution in [0.3, 0.4) is 0 Å². The molecule has 0 saturated carbocycles. The number of methoxy groups -OCH3 is 1. The minimum absolute atomic E-state index is 0.0787. The first-order valence-electron chi connectivity index (χ1n) is 4.25. The van der Waals surface area contributed by atoms with Crippen molar-refractivity contribution in [1.82, 2.24) is 4.31 Å². The number of nitrogens with zero attached hydrogens (tertiary/aromatic N) is 1. The second-order valence-corrected chi connectivity index (χ2v) is 5.32.